The van der Waals surface area contributed by atoms with Crippen molar-refractivity contribution < 1.29 is 17.6 Å². The number of H-pyrrole nitrogens is 1. The van der Waals surface area contributed by atoms with Gasteiger partial charge in [0.1, 0.15) is 11.1 Å². The van der Waals surface area contributed by atoms with E-state index in [1.807, 2.05) is 0 Å². The first kappa shape index (κ1) is 18.4. The Morgan fingerprint density at radius 2 is 2.00 bits per heavy atom. The molecule has 4 heterocycles. The molecule has 5 rings (SSSR count). The molecule has 1 N–H and O–H groups in total. The number of alkyl halides is 3. The fraction of sp³-hybridized carbons (Fsp3) is 0.0526. The zero-order chi connectivity index (χ0) is 21.0. The number of benzene rings is 1. The Morgan fingerprint density at radius 3 is 2.77 bits per heavy atom. The van der Waals surface area contributed by atoms with Gasteiger partial charge >= 0.3 is 11.8 Å². The van der Waals surface area contributed by atoms with Crippen molar-refractivity contribution in [3.63, 3.8) is 0 Å². The minimum absolute atomic E-state index is 0.0611. The molecule has 0 aliphatic heterocycles. The lowest BCUT2D eigenvalue weighted by molar-refractivity contribution is -0.141. The van der Waals surface area contributed by atoms with Crippen molar-refractivity contribution in [2.24, 2.45) is 0 Å². The van der Waals surface area contributed by atoms with Crippen LogP contribution in [0, 0.1) is 0 Å². The molecule has 0 saturated carbocycles. The van der Waals surface area contributed by atoms with E-state index in [0.29, 0.717) is 5.52 Å². The normalized spacial score (nSPS) is 12.1. The second-order valence-corrected chi connectivity index (χ2v) is 6.75. The predicted molar refractivity (Wildman–Crippen MR) is 103 cm³/mol. The number of hydrogen-bond donors (Lipinski definition) is 1. The highest BCUT2D eigenvalue weighted by atomic mass is 35.5. The van der Waals surface area contributed by atoms with Gasteiger partial charge in [-0.2, -0.15) is 18.3 Å². The van der Waals surface area contributed by atoms with Crippen molar-refractivity contribution in [1.29, 1.82) is 0 Å². The van der Waals surface area contributed by atoms with Crippen LogP contribution in [0.15, 0.2) is 58.0 Å². The third kappa shape index (κ3) is 2.84. The van der Waals surface area contributed by atoms with E-state index in [1.165, 1.54) is 18.3 Å². The maximum atomic E-state index is 13.3. The lowest BCUT2D eigenvalue weighted by atomic mass is 10.2. The molecule has 7 nitrogen and oxygen atoms in total. The van der Waals surface area contributed by atoms with Crippen molar-refractivity contribution in [1.82, 2.24) is 24.7 Å². The molecule has 0 fully saturated rings. The average Bonchev–Trinajstić information content (AvgIpc) is 3.35. The summed E-state index contributed by atoms with van der Waals surface area (Å²) < 4.78 is 46.2. The molecule has 0 unspecified atom stereocenters. The van der Waals surface area contributed by atoms with E-state index in [1.54, 1.807) is 24.4 Å². The fourth-order valence-electron chi connectivity index (χ4n) is 3.16. The highest BCUT2D eigenvalue weighted by Gasteiger charge is 2.36. The Balaban J connectivity index is 1.80. The predicted octanol–water partition coefficient (Wildman–Crippen LogP) is 4.59. The van der Waals surface area contributed by atoms with Gasteiger partial charge in [-0.25, -0.2) is 19.4 Å². The third-order valence-electron chi connectivity index (χ3n) is 4.48. The van der Waals surface area contributed by atoms with Crippen LogP contribution in [0.5, 0.6) is 0 Å². The summed E-state index contributed by atoms with van der Waals surface area (Å²) >= 11 is 6.10. The van der Waals surface area contributed by atoms with Gasteiger partial charge in [0, 0.05) is 23.8 Å². The van der Waals surface area contributed by atoms with Crippen molar-refractivity contribution in [3.8, 4) is 17.4 Å². The van der Waals surface area contributed by atoms with E-state index in [-0.39, 0.29) is 33.3 Å². The molecule has 0 aliphatic rings. The first-order valence-corrected chi connectivity index (χ1v) is 8.90. The van der Waals surface area contributed by atoms with E-state index in [0.717, 1.165) is 16.1 Å². The number of nitrogens with one attached hydrogen (secondary N) is 1. The summed E-state index contributed by atoms with van der Waals surface area (Å²) in [6, 6.07) is 8.80. The smallest absolute Gasteiger partial charge is 0.401 e. The number of fused-ring (bicyclic) bond motifs is 3. The SMILES string of the molecule is O=c1oc(-c2cc(C(F)(F)F)nn2-c2ncccc2Cl)nc2ccc3cc[nH]c3c12. The number of halogens is 4. The monoisotopic (exact) mass is 431 g/mol. The number of aromatic nitrogens is 5. The Hall–Kier alpha value is -3.66. The number of pyridine rings is 1. The van der Waals surface area contributed by atoms with E-state index >= 15 is 0 Å². The summed E-state index contributed by atoms with van der Waals surface area (Å²) in [5, 5.41) is 4.60. The molecule has 150 valence electrons. The molecule has 0 bridgehead atoms. The van der Waals surface area contributed by atoms with Crippen molar-refractivity contribution in [2.45, 2.75) is 6.18 Å². The first-order valence-electron chi connectivity index (χ1n) is 8.52. The molecule has 0 amide bonds. The second kappa shape index (κ2) is 6.42. The van der Waals surface area contributed by atoms with E-state index in [4.69, 9.17) is 16.0 Å². The van der Waals surface area contributed by atoms with E-state index < -0.39 is 17.5 Å². The zero-order valence-electron chi connectivity index (χ0n) is 14.7. The van der Waals surface area contributed by atoms with Gasteiger partial charge in [-0.15, -0.1) is 0 Å². The van der Waals surface area contributed by atoms with Crippen molar-refractivity contribution >= 4 is 33.4 Å². The number of aromatic amines is 1. The summed E-state index contributed by atoms with van der Waals surface area (Å²) in [5.74, 6) is -0.405. The van der Waals surface area contributed by atoms with Crippen LogP contribution in [0.1, 0.15) is 5.69 Å². The third-order valence-corrected chi connectivity index (χ3v) is 4.78. The van der Waals surface area contributed by atoms with Crippen LogP contribution < -0.4 is 5.63 Å². The van der Waals surface area contributed by atoms with Crippen LogP contribution in [0.4, 0.5) is 13.2 Å². The zero-order valence-corrected chi connectivity index (χ0v) is 15.5. The molecule has 0 atom stereocenters. The fourth-order valence-corrected chi connectivity index (χ4v) is 3.37. The van der Waals surface area contributed by atoms with Gasteiger partial charge in [0.2, 0.25) is 5.89 Å². The van der Waals surface area contributed by atoms with Gasteiger partial charge in [0.15, 0.2) is 11.5 Å². The van der Waals surface area contributed by atoms with Crippen LogP contribution in [0.2, 0.25) is 5.02 Å². The van der Waals surface area contributed by atoms with Crippen LogP contribution in [-0.4, -0.2) is 24.7 Å². The molecule has 4 aromatic heterocycles. The minimum Gasteiger partial charge on any atom is -0.401 e. The lowest BCUT2D eigenvalue weighted by Gasteiger charge is -2.07. The highest BCUT2D eigenvalue weighted by Crippen LogP contribution is 2.34. The molecule has 0 radical (unpaired) electrons. The quantitative estimate of drug-likeness (QED) is 0.441. The number of nitrogens with zero attached hydrogens (tertiary/aromatic N) is 4. The highest BCUT2D eigenvalue weighted by molar-refractivity contribution is 6.32. The molecule has 0 aliphatic carbocycles. The molecule has 0 spiro atoms. The average molecular weight is 432 g/mol. The summed E-state index contributed by atoms with van der Waals surface area (Å²) in [7, 11) is 0. The minimum atomic E-state index is -4.74. The standard InChI is InChI=1S/C19H9ClF3N5O2/c20-10-2-1-6-25-16(10)28-12(8-13(27-28)19(21,22)23)17-26-11-4-3-9-5-7-24-15(9)14(11)18(29)30-17/h1-8,24H. The number of rotatable bonds is 2. The second-order valence-electron chi connectivity index (χ2n) is 6.34. The first-order chi connectivity index (χ1) is 14.3. The Kier molecular flexibility index (Phi) is 3.93. The van der Waals surface area contributed by atoms with Crippen LogP contribution in [0.25, 0.3) is 39.2 Å². The van der Waals surface area contributed by atoms with E-state index in [9.17, 15) is 18.0 Å². The lowest BCUT2D eigenvalue weighted by Crippen LogP contribution is -2.09. The van der Waals surface area contributed by atoms with Crippen molar-refractivity contribution in [3.05, 3.63) is 69.9 Å². The molecule has 1 aromatic carbocycles. The van der Waals surface area contributed by atoms with Crippen LogP contribution >= 0.6 is 11.6 Å². The van der Waals surface area contributed by atoms with Gasteiger partial charge in [-0.05, 0) is 24.3 Å². The maximum Gasteiger partial charge on any atom is 0.435 e. The van der Waals surface area contributed by atoms with Gasteiger partial charge in [-0.1, -0.05) is 17.7 Å². The summed E-state index contributed by atoms with van der Waals surface area (Å²) in [6.07, 6.45) is -1.73. The van der Waals surface area contributed by atoms with Gasteiger partial charge < -0.3 is 9.40 Å². The molecular weight excluding hydrogens is 423 g/mol. The molecule has 0 saturated heterocycles. The number of hydrogen-bond acceptors (Lipinski definition) is 5. The van der Waals surface area contributed by atoms with Crippen LogP contribution in [-0.2, 0) is 6.18 Å². The van der Waals surface area contributed by atoms with Gasteiger partial charge in [0.25, 0.3) is 0 Å². The Labute approximate surface area is 169 Å². The molecule has 11 heteroatoms. The van der Waals surface area contributed by atoms with Gasteiger partial charge in [0.05, 0.1) is 16.1 Å². The Bertz CT molecular complexity index is 1490. The molecule has 5 aromatic rings. The molecule has 30 heavy (non-hydrogen) atoms. The van der Waals surface area contributed by atoms with Gasteiger partial charge in [-0.3, -0.25) is 0 Å². The maximum absolute atomic E-state index is 13.3. The van der Waals surface area contributed by atoms with Crippen molar-refractivity contribution in [2.75, 3.05) is 0 Å². The topological polar surface area (TPSA) is 89.6 Å². The summed E-state index contributed by atoms with van der Waals surface area (Å²) in [4.78, 5) is 23.9. The summed E-state index contributed by atoms with van der Waals surface area (Å²) in [6.45, 7) is 0. The molecular formula is C19H9ClF3N5O2. The summed E-state index contributed by atoms with van der Waals surface area (Å²) in [5.41, 5.74) is -1.39. The van der Waals surface area contributed by atoms with Crippen LogP contribution in [0.3, 0.4) is 0 Å². The van der Waals surface area contributed by atoms with E-state index in [2.05, 4.69) is 20.1 Å². The Morgan fingerprint density at radius 1 is 1.17 bits per heavy atom. The largest absolute Gasteiger partial charge is 0.435 e.